The average molecular weight is 817 g/mol. The molecule has 0 N–H and O–H groups in total. The van der Waals surface area contributed by atoms with E-state index in [2.05, 4.69) is 139 Å². The van der Waals surface area contributed by atoms with E-state index in [0.717, 1.165) is 32.7 Å². The normalized spacial score (nSPS) is 14.2. The maximum Gasteiger partial charge on any atom is 0.194 e. The maximum absolute atomic E-state index is 14.6. The van der Waals surface area contributed by atoms with Crippen molar-refractivity contribution in [3.63, 3.8) is 0 Å². The second-order valence-corrected chi connectivity index (χ2v) is 20.1. The Balaban J connectivity index is 0.991. The van der Waals surface area contributed by atoms with Crippen molar-refractivity contribution in [3.8, 4) is 0 Å². The standard InChI is InChI=1S/C60H64O2/c1-7-9-11-13-15-17-27-59(3,4)49-33-43-23-19-39-29-47(30-40-20-24-44(34-49)56(43)54(39)40)52-37-51(61)38-53(58(52)62)48-31-41-21-25-45-35-50(60(5,6)28-18-16-14-12-10-8-2)36-46-26-22-42(32-48)55(41)57(45)46/h19-26,29-38H,7-18,27-28H2,1-6H3. The van der Waals surface area contributed by atoms with Gasteiger partial charge in [0.15, 0.2) is 11.6 Å². The summed E-state index contributed by atoms with van der Waals surface area (Å²) in [7, 11) is 0. The third-order valence-electron chi connectivity index (χ3n) is 14.6. The summed E-state index contributed by atoms with van der Waals surface area (Å²) in [5, 5.41) is 14.4. The molecule has 0 aliphatic heterocycles. The van der Waals surface area contributed by atoms with Gasteiger partial charge in [0.2, 0.25) is 0 Å². The first-order valence-electron chi connectivity index (χ1n) is 23.9. The fourth-order valence-corrected chi connectivity index (χ4v) is 10.8. The zero-order chi connectivity index (χ0) is 43.2. The Morgan fingerprint density at radius 1 is 0.371 bits per heavy atom. The lowest BCUT2D eigenvalue weighted by molar-refractivity contribution is -0.112. The number of hydrogen-bond donors (Lipinski definition) is 0. The highest BCUT2D eigenvalue weighted by Gasteiger charge is 2.28. The predicted octanol–water partition coefficient (Wildman–Crippen LogP) is 17.2. The molecule has 0 saturated heterocycles. The van der Waals surface area contributed by atoms with Crippen LogP contribution in [0.1, 0.15) is 154 Å². The van der Waals surface area contributed by atoms with E-state index in [9.17, 15) is 9.59 Å². The van der Waals surface area contributed by atoms with Crippen LogP contribution in [0.4, 0.5) is 0 Å². The molecule has 9 rings (SSSR count). The van der Waals surface area contributed by atoms with Gasteiger partial charge in [0.1, 0.15) is 0 Å². The van der Waals surface area contributed by atoms with Crippen molar-refractivity contribution in [2.45, 2.75) is 142 Å². The van der Waals surface area contributed by atoms with Gasteiger partial charge in [-0.25, -0.2) is 0 Å². The lowest BCUT2D eigenvalue weighted by Crippen LogP contribution is -2.17. The third kappa shape index (κ3) is 7.95. The van der Waals surface area contributed by atoms with Crippen LogP contribution >= 0.6 is 0 Å². The van der Waals surface area contributed by atoms with Gasteiger partial charge in [0, 0.05) is 11.1 Å². The first-order chi connectivity index (χ1) is 30.0. The maximum atomic E-state index is 14.6. The van der Waals surface area contributed by atoms with Crippen LogP contribution in [0.15, 0.2) is 109 Å². The smallest absolute Gasteiger partial charge is 0.194 e. The van der Waals surface area contributed by atoms with E-state index in [1.807, 2.05) is 0 Å². The van der Waals surface area contributed by atoms with Crippen molar-refractivity contribution in [1.82, 2.24) is 0 Å². The van der Waals surface area contributed by atoms with Gasteiger partial charge >= 0.3 is 0 Å². The Morgan fingerprint density at radius 3 is 0.952 bits per heavy atom. The van der Waals surface area contributed by atoms with Crippen LogP contribution in [0.3, 0.4) is 0 Å². The molecule has 2 nitrogen and oxygen atoms in total. The molecule has 0 atom stereocenters. The van der Waals surface area contributed by atoms with Crippen LogP contribution in [-0.2, 0) is 20.4 Å². The van der Waals surface area contributed by atoms with Crippen molar-refractivity contribution < 1.29 is 9.59 Å². The van der Waals surface area contributed by atoms with Crippen molar-refractivity contribution in [3.05, 3.63) is 131 Å². The molecular formula is C60H64O2. The van der Waals surface area contributed by atoms with Crippen molar-refractivity contribution in [1.29, 1.82) is 0 Å². The number of carbonyl (C=O) groups excluding carboxylic acids is 2. The molecule has 62 heavy (non-hydrogen) atoms. The van der Waals surface area contributed by atoms with Crippen LogP contribution in [0.5, 0.6) is 0 Å². The summed E-state index contributed by atoms with van der Waals surface area (Å²) in [4.78, 5) is 28.1. The number of allylic oxidation sites excluding steroid dienone is 4. The summed E-state index contributed by atoms with van der Waals surface area (Å²) < 4.78 is 0. The van der Waals surface area contributed by atoms with Gasteiger partial charge in [-0.3, -0.25) is 9.59 Å². The molecule has 1 aliphatic rings. The van der Waals surface area contributed by atoms with Gasteiger partial charge in [0.25, 0.3) is 0 Å². The number of benzene rings is 8. The summed E-state index contributed by atoms with van der Waals surface area (Å²) >= 11 is 0. The second kappa shape index (κ2) is 17.1. The van der Waals surface area contributed by atoms with Crippen LogP contribution in [0.25, 0.3) is 75.8 Å². The fourth-order valence-electron chi connectivity index (χ4n) is 10.8. The number of hydrogen-bond acceptors (Lipinski definition) is 2. The SMILES string of the molecule is CCCCCCCCC(C)(C)c1cc2ccc3cc(C4=CC(=O)C=C(c5cc6ccc7cc(C(C)(C)CCCCCCCC)cc8ccc(c5)c6c78)C4=O)cc4ccc(c1)c2c34. The molecule has 0 spiro atoms. The molecule has 8 aromatic rings. The Hall–Kier alpha value is -5.34. The molecule has 0 radical (unpaired) electrons. The first-order valence-corrected chi connectivity index (χ1v) is 23.9. The van der Waals surface area contributed by atoms with E-state index in [-0.39, 0.29) is 22.4 Å². The number of rotatable bonds is 18. The first kappa shape index (κ1) is 42.0. The van der Waals surface area contributed by atoms with Crippen LogP contribution < -0.4 is 0 Å². The summed E-state index contributed by atoms with van der Waals surface area (Å²) in [6.07, 6.45) is 21.2. The summed E-state index contributed by atoms with van der Waals surface area (Å²) in [5.74, 6) is -0.267. The quantitative estimate of drug-likeness (QED) is 0.0491. The number of ketones is 2. The van der Waals surface area contributed by atoms with Gasteiger partial charge in [-0.1, -0.05) is 191 Å². The number of Topliss-reactive ketones (excluding diaryl/α,β-unsaturated/α-hetero) is 1. The molecule has 2 heteroatoms. The molecule has 0 heterocycles. The Bertz CT molecular complexity index is 2690. The molecule has 0 fully saturated rings. The number of carbonyl (C=O) groups is 2. The van der Waals surface area contributed by atoms with Crippen molar-refractivity contribution in [2.24, 2.45) is 0 Å². The van der Waals surface area contributed by atoms with Gasteiger partial charge in [-0.05, 0) is 147 Å². The second-order valence-electron chi connectivity index (χ2n) is 20.1. The third-order valence-corrected chi connectivity index (χ3v) is 14.6. The fraction of sp³-hybridized carbons (Fsp3) is 0.367. The number of unbranched alkanes of at least 4 members (excludes halogenated alkanes) is 10. The van der Waals surface area contributed by atoms with Crippen molar-refractivity contribution >= 4 is 87.3 Å². The van der Waals surface area contributed by atoms with Gasteiger partial charge < -0.3 is 0 Å². The monoisotopic (exact) mass is 816 g/mol. The molecule has 8 aromatic carbocycles. The Kier molecular flexibility index (Phi) is 11.6. The molecule has 0 unspecified atom stereocenters. The average Bonchev–Trinajstić information content (AvgIpc) is 3.27. The van der Waals surface area contributed by atoms with Crippen LogP contribution in [0, 0.1) is 0 Å². The van der Waals surface area contributed by atoms with Crippen LogP contribution in [0.2, 0.25) is 0 Å². The molecular weight excluding hydrogens is 753 g/mol. The molecule has 316 valence electrons. The minimum Gasteiger partial charge on any atom is -0.290 e. The van der Waals surface area contributed by atoms with E-state index in [4.69, 9.17) is 0 Å². The highest BCUT2D eigenvalue weighted by atomic mass is 16.1. The Labute approximate surface area is 369 Å². The van der Waals surface area contributed by atoms with Gasteiger partial charge in [-0.15, -0.1) is 0 Å². The van der Waals surface area contributed by atoms with E-state index in [1.165, 1.54) is 156 Å². The molecule has 0 aromatic heterocycles. The molecule has 0 bridgehead atoms. The summed E-state index contributed by atoms with van der Waals surface area (Å²) in [6.45, 7) is 14.1. The lowest BCUT2D eigenvalue weighted by atomic mass is 9.78. The van der Waals surface area contributed by atoms with Crippen LogP contribution in [-0.4, -0.2) is 11.6 Å². The minimum atomic E-state index is -0.156. The summed E-state index contributed by atoms with van der Waals surface area (Å²) in [6, 6.07) is 35.8. The topological polar surface area (TPSA) is 34.1 Å². The van der Waals surface area contributed by atoms with Gasteiger partial charge in [0.05, 0.1) is 0 Å². The molecule has 0 amide bonds. The van der Waals surface area contributed by atoms with Crippen molar-refractivity contribution in [2.75, 3.05) is 0 Å². The molecule has 0 saturated carbocycles. The van der Waals surface area contributed by atoms with E-state index < -0.39 is 0 Å². The predicted molar refractivity (Wildman–Crippen MR) is 268 cm³/mol. The van der Waals surface area contributed by atoms with E-state index in [1.54, 1.807) is 0 Å². The largest absolute Gasteiger partial charge is 0.290 e. The zero-order valence-corrected chi connectivity index (χ0v) is 38.1. The zero-order valence-electron chi connectivity index (χ0n) is 38.1. The highest BCUT2D eigenvalue weighted by molar-refractivity contribution is 6.49. The Morgan fingerprint density at radius 2 is 0.645 bits per heavy atom. The van der Waals surface area contributed by atoms with Gasteiger partial charge in [-0.2, -0.15) is 0 Å². The van der Waals surface area contributed by atoms with E-state index >= 15 is 0 Å². The lowest BCUT2D eigenvalue weighted by Gasteiger charge is -2.27. The van der Waals surface area contributed by atoms with E-state index in [0.29, 0.717) is 11.1 Å². The highest BCUT2D eigenvalue weighted by Crippen LogP contribution is 2.43. The summed E-state index contributed by atoms with van der Waals surface area (Å²) in [5.41, 5.74) is 5.47. The molecule has 1 aliphatic carbocycles. The minimum absolute atomic E-state index is 0.0949.